The quantitative estimate of drug-likeness (QED) is 0.239. The number of halogens is 1. The third-order valence-electron chi connectivity index (χ3n) is 10.1. The van der Waals surface area contributed by atoms with Crippen LogP contribution in [0.25, 0.3) is 10.8 Å². The van der Waals surface area contributed by atoms with Crippen molar-refractivity contribution in [1.29, 1.82) is 0 Å². The van der Waals surface area contributed by atoms with Crippen LogP contribution in [0.5, 0.6) is 5.75 Å². The zero-order valence-corrected chi connectivity index (χ0v) is 26.1. The number of hydrogen-bond acceptors (Lipinski definition) is 9. The molecule has 1 saturated carbocycles. The van der Waals surface area contributed by atoms with Gasteiger partial charge in [0.25, 0.3) is 5.91 Å². The molecule has 1 amide bonds. The lowest BCUT2D eigenvalue weighted by Crippen LogP contribution is -2.70. The van der Waals surface area contributed by atoms with E-state index in [-0.39, 0.29) is 35.1 Å². The van der Waals surface area contributed by atoms with E-state index in [1.807, 2.05) is 23.2 Å². The Hall–Kier alpha value is -3.16. The van der Waals surface area contributed by atoms with Gasteiger partial charge in [-0.3, -0.25) is 4.79 Å². The van der Waals surface area contributed by atoms with Crippen LogP contribution < -0.4 is 11.0 Å². The molecule has 3 aliphatic rings. The second kappa shape index (κ2) is 14.3. The van der Waals surface area contributed by atoms with Crippen LogP contribution in [0.3, 0.4) is 0 Å². The molecule has 46 heavy (non-hydrogen) atoms. The fourth-order valence-electron chi connectivity index (χ4n) is 7.69. The number of aliphatic hydroxyl groups is 3. The minimum absolute atomic E-state index is 0.0378. The summed E-state index contributed by atoms with van der Waals surface area (Å²) in [5.41, 5.74) is 7.30. The Morgan fingerprint density at radius 2 is 1.67 bits per heavy atom. The molecule has 1 aliphatic carbocycles. The Morgan fingerprint density at radius 1 is 0.957 bits per heavy atom. The highest BCUT2D eigenvalue weighted by Gasteiger charge is 2.54. The maximum absolute atomic E-state index is 14.5. The molecule has 0 aromatic heterocycles. The van der Waals surface area contributed by atoms with E-state index in [0.29, 0.717) is 5.39 Å². The number of hydrazine groups is 2. The van der Waals surface area contributed by atoms with Crippen LogP contribution in [-0.2, 0) is 4.74 Å². The van der Waals surface area contributed by atoms with Gasteiger partial charge in [0.1, 0.15) is 29.9 Å². The smallest absolute Gasteiger partial charge is 0.259 e. The number of aliphatic hydroxyl groups excluding tert-OH is 3. The first-order valence-corrected chi connectivity index (χ1v) is 16.5. The van der Waals surface area contributed by atoms with Gasteiger partial charge in [-0.15, -0.1) is 0 Å². The fraction of sp³-hybridized carbons (Fsp3) is 0.514. The van der Waals surface area contributed by atoms with Gasteiger partial charge in [0.15, 0.2) is 6.23 Å². The molecule has 3 aromatic rings. The third-order valence-corrected chi connectivity index (χ3v) is 10.1. The monoisotopic (exact) mass is 636 g/mol. The summed E-state index contributed by atoms with van der Waals surface area (Å²) in [7, 11) is 1.47. The summed E-state index contributed by atoms with van der Waals surface area (Å²) in [5.74, 6) is -0.970. The van der Waals surface area contributed by atoms with Gasteiger partial charge in [-0.05, 0) is 47.9 Å². The van der Waals surface area contributed by atoms with Gasteiger partial charge in [-0.2, -0.15) is 5.53 Å². The van der Waals surface area contributed by atoms with Gasteiger partial charge in [0.2, 0.25) is 0 Å². The molecule has 2 aliphatic heterocycles. The first kappa shape index (κ1) is 32.8. The Morgan fingerprint density at radius 3 is 2.39 bits per heavy atom. The molecule has 6 rings (SSSR count). The summed E-state index contributed by atoms with van der Waals surface area (Å²) >= 11 is 0. The van der Waals surface area contributed by atoms with Crippen LogP contribution in [0.1, 0.15) is 73.3 Å². The van der Waals surface area contributed by atoms with Crippen molar-refractivity contribution in [3.8, 4) is 5.75 Å². The molecule has 2 saturated heterocycles. The SMILES string of the molecule is CN(C(=O)c1ccc2ccccc2c1O)[C@@H]1O[C@H](CO)[C@H](O)[C@H](N2NNC(c3cccc(F)c3)C2C2CCCCCCCC2)[C@H]1O. The zero-order chi connectivity index (χ0) is 32.4. The van der Waals surface area contributed by atoms with Crippen LogP contribution in [-0.4, -0.2) is 86.5 Å². The standard InChI is InChI=1S/C35H45FN4O6/c1-39(34(45)26-18-17-21-11-8-9-16-25(21)31(26)42)35-33(44)30(32(43)27(20-41)46-35)40-29(22-12-6-4-2-3-5-7-13-22)28(37-38-40)23-14-10-15-24(36)19-23/h8-11,14-19,22,27-30,32-33,35,37-38,41-44H,2-7,12-13,20H2,1H3/t27-,28?,29?,30+,32+,33-,35-/m1/s1. The predicted molar refractivity (Wildman–Crippen MR) is 171 cm³/mol. The van der Waals surface area contributed by atoms with Gasteiger partial charge in [0.05, 0.1) is 24.3 Å². The lowest BCUT2D eigenvalue weighted by atomic mass is 9.81. The number of fused-ring (bicyclic) bond motifs is 1. The molecule has 0 radical (unpaired) electrons. The van der Waals surface area contributed by atoms with Crippen LogP contribution in [0.15, 0.2) is 60.7 Å². The topological polar surface area (TPSA) is 138 Å². The molecule has 3 aromatic carbocycles. The average molecular weight is 637 g/mol. The number of amides is 1. The molecule has 2 heterocycles. The number of rotatable bonds is 6. The van der Waals surface area contributed by atoms with Crippen molar-refractivity contribution in [1.82, 2.24) is 20.9 Å². The van der Waals surface area contributed by atoms with Crippen molar-refractivity contribution >= 4 is 16.7 Å². The highest BCUT2D eigenvalue weighted by Crippen LogP contribution is 2.40. The highest BCUT2D eigenvalue weighted by atomic mass is 19.1. The van der Waals surface area contributed by atoms with E-state index in [1.54, 1.807) is 24.3 Å². The van der Waals surface area contributed by atoms with Crippen molar-refractivity contribution in [2.24, 2.45) is 5.92 Å². The Balaban J connectivity index is 1.33. The Labute approximate surface area is 268 Å². The fourth-order valence-corrected chi connectivity index (χ4v) is 7.69. The number of carbonyl (C=O) groups is 1. The van der Waals surface area contributed by atoms with E-state index in [0.717, 1.165) is 49.5 Å². The van der Waals surface area contributed by atoms with Crippen molar-refractivity contribution in [2.75, 3.05) is 13.7 Å². The maximum Gasteiger partial charge on any atom is 0.259 e. The lowest BCUT2D eigenvalue weighted by Gasteiger charge is -2.50. The normalized spacial score (nSPS) is 30.1. The van der Waals surface area contributed by atoms with Crippen LogP contribution in [0.4, 0.5) is 4.39 Å². The second-order valence-corrected chi connectivity index (χ2v) is 13.0. The largest absolute Gasteiger partial charge is 0.506 e. The minimum atomic E-state index is -1.42. The van der Waals surface area contributed by atoms with Crippen molar-refractivity contribution in [2.45, 2.75) is 94.0 Å². The minimum Gasteiger partial charge on any atom is -0.506 e. The van der Waals surface area contributed by atoms with Gasteiger partial charge in [-0.25, -0.2) is 14.8 Å². The molecule has 6 N–H and O–H groups in total. The van der Waals surface area contributed by atoms with Crippen molar-refractivity contribution < 1.29 is 34.3 Å². The van der Waals surface area contributed by atoms with Gasteiger partial charge in [-0.1, -0.05) is 81.0 Å². The zero-order valence-electron chi connectivity index (χ0n) is 26.1. The lowest BCUT2D eigenvalue weighted by molar-refractivity contribution is -0.249. The molecule has 0 bridgehead atoms. The van der Waals surface area contributed by atoms with E-state index >= 15 is 0 Å². The second-order valence-electron chi connectivity index (χ2n) is 13.0. The van der Waals surface area contributed by atoms with E-state index in [9.17, 15) is 29.6 Å². The first-order valence-electron chi connectivity index (χ1n) is 16.5. The van der Waals surface area contributed by atoms with Crippen LogP contribution >= 0.6 is 0 Å². The molecular weight excluding hydrogens is 591 g/mol. The number of ether oxygens (including phenoxy) is 1. The van der Waals surface area contributed by atoms with Gasteiger partial charge >= 0.3 is 0 Å². The van der Waals surface area contributed by atoms with E-state index in [2.05, 4.69) is 11.0 Å². The van der Waals surface area contributed by atoms with E-state index in [1.165, 1.54) is 43.0 Å². The number of carbonyl (C=O) groups excluding carboxylic acids is 1. The van der Waals surface area contributed by atoms with Gasteiger partial charge in [0, 0.05) is 18.5 Å². The molecule has 2 unspecified atom stereocenters. The maximum atomic E-state index is 14.5. The molecule has 3 fully saturated rings. The summed E-state index contributed by atoms with van der Waals surface area (Å²) in [6.07, 6.45) is 3.44. The van der Waals surface area contributed by atoms with E-state index < -0.39 is 43.1 Å². The average Bonchev–Trinajstić information content (AvgIpc) is 3.54. The van der Waals surface area contributed by atoms with Gasteiger partial charge < -0.3 is 30.1 Å². The molecule has 248 valence electrons. The number of phenolic OH excluding ortho intramolecular Hbond substituents is 1. The number of benzene rings is 3. The summed E-state index contributed by atoms with van der Waals surface area (Å²) < 4.78 is 20.5. The summed E-state index contributed by atoms with van der Waals surface area (Å²) in [4.78, 5) is 15.0. The van der Waals surface area contributed by atoms with Crippen molar-refractivity contribution in [3.05, 3.63) is 77.6 Å². The number of phenols is 1. The molecular formula is C35H45FN4O6. The third kappa shape index (κ3) is 6.37. The number of hydrogen-bond donors (Lipinski definition) is 6. The number of aromatic hydroxyl groups is 1. The summed E-state index contributed by atoms with van der Waals surface area (Å²) in [6, 6.07) is 15.2. The summed E-state index contributed by atoms with van der Waals surface area (Å²) in [5, 5.41) is 47.9. The molecule has 11 heteroatoms. The number of nitrogens with one attached hydrogen (secondary N) is 2. The van der Waals surface area contributed by atoms with E-state index in [4.69, 9.17) is 4.74 Å². The number of likely N-dealkylation sites (N-methyl/N-ethyl adjacent to an activating group) is 1. The first-order chi connectivity index (χ1) is 22.3. The molecule has 10 nitrogen and oxygen atoms in total. The summed E-state index contributed by atoms with van der Waals surface area (Å²) in [6.45, 7) is -0.549. The Bertz CT molecular complexity index is 1500. The Kier molecular flexibility index (Phi) is 10.2. The predicted octanol–water partition coefficient (Wildman–Crippen LogP) is 3.75. The van der Waals surface area contributed by atoms with Crippen molar-refractivity contribution in [3.63, 3.8) is 0 Å². The van der Waals surface area contributed by atoms with Crippen LogP contribution in [0, 0.1) is 11.7 Å². The number of nitrogens with zero attached hydrogens (tertiary/aromatic N) is 2. The highest BCUT2D eigenvalue weighted by molar-refractivity contribution is 6.03. The molecule has 7 atom stereocenters. The van der Waals surface area contributed by atoms with Crippen LogP contribution in [0.2, 0.25) is 0 Å². The molecule has 0 spiro atoms.